The van der Waals surface area contributed by atoms with Crippen molar-refractivity contribution in [2.75, 3.05) is 0 Å². The van der Waals surface area contributed by atoms with Gasteiger partial charge in [-0.05, 0) is 71.5 Å². The topological polar surface area (TPSA) is 25.8 Å². The molecule has 4 rings (SSSR count). The van der Waals surface area contributed by atoms with Gasteiger partial charge in [-0.25, -0.2) is 0 Å². The zero-order chi connectivity index (χ0) is 17.1. The predicted octanol–water partition coefficient (Wildman–Crippen LogP) is 5.39. The molecule has 0 saturated carbocycles. The van der Waals surface area contributed by atoms with Crippen LogP contribution in [0.1, 0.15) is 16.7 Å². The Morgan fingerprint density at radius 1 is 0.640 bits per heavy atom. The van der Waals surface area contributed by atoms with Crippen LogP contribution in [0.15, 0.2) is 79.1 Å². The first-order valence-electron chi connectivity index (χ1n) is 8.63. The molecule has 0 bridgehead atoms. The van der Waals surface area contributed by atoms with Crippen molar-refractivity contribution in [3.63, 3.8) is 0 Å². The van der Waals surface area contributed by atoms with Crippen molar-refractivity contribution < 1.29 is 0 Å². The van der Waals surface area contributed by atoms with Crippen LogP contribution in [0.25, 0.3) is 22.2 Å². The summed E-state index contributed by atoms with van der Waals surface area (Å²) in [6.07, 6.45) is 5.75. The lowest BCUT2D eigenvalue weighted by molar-refractivity contribution is 0.957. The molecule has 0 atom stereocenters. The van der Waals surface area contributed by atoms with E-state index in [0.29, 0.717) is 0 Å². The Hall–Kier alpha value is -3.00. The van der Waals surface area contributed by atoms with Crippen LogP contribution in [0.5, 0.6) is 0 Å². The molecule has 2 aromatic carbocycles. The summed E-state index contributed by atoms with van der Waals surface area (Å²) < 4.78 is 0. The van der Waals surface area contributed by atoms with Crippen molar-refractivity contribution in [2.45, 2.75) is 19.8 Å². The van der Waals surface area contributed by atoms with E-state index in [4.69, 9.17) is 0 Å². The normalized spacial score (nSPS) is 10.9. The largest absolute Gasteiger partial charge is 0.255 e. The number of hydrogen-bond donors (Lipinski definition) is 0. The molecule has 0 aliphatic carbocycles. The second-order valence-corrected chi connectivity index (χ2v) is 6.45. The molecule has 0 radical (unpaired) electrons. The lowest BCUT2D eigenvalue weighted by Gasteiger charge is -2.06. The lowest BCUT2D eigenvalue weighted by atomic mass is 10.0. The van der Waals surface area contributed by atoms with Gasteiger partial charge < -0.3 is 0 Å². The van der Waals surface area contributed by atoms with Gasteiger partial charge in [0.1, 0.15) is 0 Å². The number of nitrogens with zero attached hydrogens (tertiary/aromatic N) is 2. The molecular formula is C23H20N2. The molecule has 0 spiro atoms. The highest BCUT2D eigenvalue weighted by Gasteiger charge is 2.04. The Kier molecular flexibility index (Phi) is 4.26. The van der Waals surface area contributed by atoms with E-state index in [-0.39, 0.29) is 0 Å². The van der Waals surface area contributed by atoms with Gasteiger partial charge in [0, 0.05) is 12.4 Å². The smallest absolute Gasteiger partial charge is 0.0888 e. The van der Waals surface area contributed by atoms with Crippen molar-refractivity contribution >= 4 is 10.8 Å². The second kappa shape index (κ2) is 6.86. The average Bonchev–Trinajstić information content (AvgIpc) is 2.66. The van der Waals surface area contributed by atoms with Crippen molar-refractivity contribution in [1.29, 1.82) is 0 Å². The highest BCUT2D eigenvalue weighted by Crippen LogP contribution is 2.19. The van der Waals surface area contributed by atoms with Gasteiger partial charge in [0.25, 0.3) is 0 Å². The summed E-state index contributed by atoms with van der Waals surface area (Å²) in [5.41, 5.74) is 5.74. The van der Waals surface area contributed by atoms with E-state index in [9.17, 15) is 0 Å². The third-order valence-corrected chi connectivity index (χ3v) is 4.52. The van der Waals surface area contributed by atoms with Crippen molar-refractivity contribution in [3.05, 3.63) is 95.8 Å². The average molecular weight is 324 g/mol. The summed E-state index contributed by atoms with van der Waals surface area (Å²) >= 11 is 0. The van der Waals surface area contributed by atoms with E-state index in [1.165, 1.54) is 27.5 Å². The highest BCUT2D eigenvalue weighted by molar-refractivity contribution is 5.83. The molecular weight excluding hydrogens is 304 g/mol. The van der Waals surface area contributed by atoms with Crippen LogP contribution in [0.3, 0.4) is 0 Å². The van der Waals surface area contributed by atoms with E-state index >= 15 is 0 Å². The summed E-state index contributed by atoms with van der Waals surface area (Å²) in [7, 11) is 0. The van der Waals surface area contributed by atoms with Gasteiger partial charge in [0.2, 0.25) is 0 Å². The minimum Gasteiger partial charge on any atom is -0.255 e. The Labute approximate surface area is 148 Å². The number of hydrogen-bond acceptors (Lipinski definition) is 2. The molecule has 25 heavy (non-hydrogen) atoms. The minimum absolute atomic E-state index is 0.938. The lowest BCUT2D eigenvalue weighted by Crippen LogP contribution is -1.94. The van der Waals surface area contributed by atoms with Crippen LogP contribution in [0.4, 0.5) is 0 Å². The maximum absolute atomic E-state index is 4.48. The number of benzene rings is 2. The number of fused-ring (bicyclic) bond motifs is 1. The maximum atomic E-state index is 4.48. The summed E-state index contributed by atoms with van der Waals surface area (Å²) in [6, 6.07) is 23.6. The molecule has 2 heterocycles. The van der Waals surface area contributed by atoms with E-state index < -0.39 is 0 Å². The third-order valence-electron chi connectivity index (χ3n) is 4.52. The third kappa shape index (κ3) is 3.58. The number of aromatic nitrogens is 2. The standard InChI is InChI=1S/C23H20N2/c1-17-10-12-24-22(14-17)23-16-19(11-13-25-23)7-6-18-8-9-20-4-2-3-5-21(20)15-18/h2-5,8-16H,6-7H2,1H3. The molecule has 0 unspecified atom stereocenters. The fraction of sp³-hybridized carbons (Fsp3) is 0.130. The number of pyridine rings is 2. The zero-order valence-electron chi connectivity index (χ0n) is 14.3. The predicted molar refractivity (Wildman–Crippen MR) is 104 cm³/mol. The van der Waals surface area contributed by atoms with Gasteiger partial charge in [-0.3, -0.25) is 9.97 Å². The second-order valence-electron chi connectivity index (χ2n) is 6.45. The molecule has 2 aromatic heterocycles. The van der Waals surface area contributed by atoms with Crippen LogP contribution in [0.2, 0.25) is 0 Å². The van der Waals surface area contributed by atoms with Crippen molar-refractivity contribution in [1.82, 2.24) is 9.97 Å². The van der Waals surface area contributed by atoms with E-state index in [0.717, 1.165) is 24.2 Å². The van der Waals surface area contributed by atoms with E-state index in [1.807, 2.05) is 18.5 Å². The van der Waals surface area contributed by atoms with Crippen molar-refractivity contribution in [3.8, 4) is 11.4 Å². The fourth-order valence-corrected chi connectivity index (χ4v) is 3.13. The molecule has 2 heteroatoms. The molecule has 0 amide bonds. The van der Waals surface area contributed by atoms with E-state index in [2.05, 4.69) is 77.6 Å². The Balaban J connectivity index is 1.53. The summed E-state index contributed by atoms with van der Waals surface area (Å²) in [5, 5.41) is 2.60. The molecule has 2 nitrogen and oxygen atoms in total. The molecule has 0 aliphatic heterocycles. The fourth-order valence-electron chi connectivity index (χ4n) is 3.13. The number of aryl methyl sites for hydroxylation is 3. The van der Waals surface area contributed by atoms with E-state index in [1.54, 1.807) is 0 Å². The molecule has 0 N–H and O–H groups in total. The monoisotopic (exact) mass is 324 g/mol. The molecule has 0 aliphatic rings. The van der Waals surface area contributed by atoms with Crippen LogP contribution >= 0.6 is 0 Å². The summed E-state index contributed by atoms with van der Waals surface area (Å²) in [5.74, 6) is 0. The Morgan fingerprint density at radius 2 is 1.32 bits per heavy atom. The van der Waals surface area contributed by atoms with Gasteiger partial charge >= 0.3 is 0 Å². The van der Waals surface area contributed by atoms with Gasteiger partial charge in [-0.2, -0.15) is 0 Å². The van der Waals surface area contributed by atoms with Gasteiger partial charge in [-0.15, -0.1) is 0 Å². The van der Waals surface area contributed by atoms with Gasteiger partial charge in [-0.1, -0.05) is 42.5 Å². The maximum Gasteiger partial charge on any atom is 0.0888 e. The first kappa shape index (κ1) is 15.5. The highest BCUT2D eigenvalue weighted by atomic mass is 14.8. The zero-order valence-corrected chi connectivity index (χ0v) is 14.3. The Bertz CT molecular complexity index is 1020. The molecule has 122 valence electrons. The van der Waals surface area contributed by atoms with Crippen LogP contribution in [-0.2, 0) is 12.8 Å². The minimum atomic E-state index is 0.938. The molecule has 0 saturated heterocycles. The summed E-state index contributed by atoms with van der Waals surface area (Å²) in [4.78, 5) is 8.93. The quantitative estimate of drug-likeness (QED) is 0.503. The SMILES string of the molecule is Cc1ccnc(-c2cc(CCc3ccc4ccccc4c3)ccn2)c1. The van der Waals surface area contributed by atoms with Crippen LogP contribution < -0.4 is 0 Å². The summed E-state index contributed by atoms with van der Waals surface area (Å²) in [6.45, 7) is 2.08. The van der Waals surface area contributed by atoms with Crippen LogP contribution in [0, 0.1) is 6.92 Å². The van der Waals surface area contributed by atoms with Gasteiger partial charge in [0.15, 0.2) is 0 Å². The molecule has 4 aromatic rings. The molecule has 0 fully saturated rings. The number of rotatable bonds is 4. The van der Waals surface area contributed by atoms with Crippen LogP contribution in [-0.4, -0.2) is 9.97 Å². The van der Waals surface area contributed by atoms with Gasteiger partial charge in [0.05, 0.1) is 11.4 Å². The Morgan fingerprint density at radius 3 is 2.12 bits per heavy atom. The first-order valence-corrected chi connectivity index (χ1v) is 8.63. The first-order chi connectivity index (χ1) is 12.3. The van der Waals surface area contributed by atoms with Crippen molar-refractivity contribution in [2.24, 2.45) is 0 Å².